The molecule has 0 bridgehead atoms. The van der Waals surface area contributed by atoms with Gasteiger partial charge in [-0.3, -0.25) is 9.59 Å². The van der Waals surface area contributed by atoms with Gasteiger partial charge in [-0.1, -0.05) is 6.07 Å². The van der Waals surface area contributed by atoms with Crippen LogP contribution in [0.15, 0.2) is 41.0 Å². The molecule has 5 nitrogen and oxygen atoms in total. The number of nitrogens with zero attached hydrogens (tertiary/aromatic N) is 2. The first-order valence-electron chi connectivity index (χ1n) is 8.47. The van der Waals surface area contributed by atoms with Crippen LogP contribution in [0.25, 0.3) is 0 Å². The van der Waals surface area contributed by atoms with Gasteiger partial charge in [0.25, 0.3) is 5.91 Å². The molecule has 1 aliphatic heterocycles. The van der Waals surface area contributed by atoms with Crippen LogP contribution in [0.2, 0.25) is 0 Å². The minimum absolute atomic E-state index is 0.0798. The molecule has 0 N–H and O–H groups in total. The molecular weight excluding hydrogens is 342 g/mol. The quantitative estimate of drug-likeness (QED) is 0.840. The molecule has 1 aromatic heterocycles. The first kappa shape index (κ1) is 18.1. The van der Waals surface area contributed by atoms with Gasteiger partial charge in [0.2, 0.25) is 5.91 Å². The number of rotatable bonds is 4. The van der Waals surface area contributed by atoms with Crippen LogP contribution in [0.4, 0.5) is 8.78 Å². The second-order valence-corrected chi connectivity index (χ2v) is 6.47. The minimum atomic E-state index is -0.663. The van der Waals surface area contributed by atoms with Crippen LogP contribution >= 0.6 is 0 Å². The summed E-state index contributed by atoms with van der Waals surface area (Å²) in [7, 11) is 1.60. The van der Waals surface area contributed by atoms with Gasteiger partial charge in [-0.25, -0.2) is 8.78 Å². The summed E-state index contributed by atoms with van der Waals surface area (Å²) < 4.78 is 31.9. The highest BCUT2D eigenvalue weighted by Gasteiger charge is 2.30. The van der Waals surface area contributed by atoms with Crippen LogP contribution in [0, 0.1) is 17.6 Å². The van der Waals surface area contributed by atoms with Crippen molar-refractivity contribution < 1.29 is 22.8 Å². The molecule has 2 amide bonds. The summed E-state index contributed by atoms with van der Waals surface area (Å²) >= 11 is 0. The molecule has 2 heterocycles. The number of carbonyl (C=O) groups is 2. The fourth-order valence-corrected chi connectivity index (χ4v) is 3.18. The molecule has 1 aromatic carbocycles. The molecule has 1 aliphatic rings. The van der Waals surface area contributed by atoms with E-state index in [1.807, 2.05) is 0 Å². The molecule has 138 valence electrons. The Morgan fingerprint density at radius 1 is 1.23 bits per heavy atom. The van der Waals surface area contributed by atoms with Crippen molar-refractivity contribution in [2.24, 2.45) is 5.92 Å². The van der Waals surface area contributed by atoms with E-state index in [0.29, 0.717) is 31.7 Å². The number of furan rings is 1. The molecule has 7 heteroatoms. The molecule has 0 spiro atoms. The van der Waals surface area contributed by atoms with E-state index < -0.39 is 11.6 Å². The lowest BCUT2D eigenvalue weighted by Gasteiger charge is -2.32. The van der Waals surface area contributed by atoms with Gasteiger partial charge >= 0.3 is 0 Å². The smallest absolute Gasteiger partial charge is 0.289 e. The van der Waals surface area contributed by atoms with Crippen LogP contribution in [-0.2, 0) is 11.3 Å². The van der Waals surface area contributed by atoms with E-state index in [1.165, 1.54) is 23.3 Å². The lowest BCUT2D eigenvalue weighted by molar-refractivity contribution is -0.136. The highest BCUT2D eigenvalue weighted by atomic mass is 19.1. The molecule has 1 fully saturated rings. The summed E-state index contributed by atoms with van der Waals surface area (Å²) in [6.07, 6.45) is 2.54. The highest BCUT2D eigenvalue weighted by Crippen LogP contribution is 2.22. The van der Waals surface area contributed by atoms with Crippen LogP contribution in [0.1, 0.15) is 29.0 Å². The number of hydrogen-bond acceptors (Lipinski definition) is 3. The number of hydrogen-bond donors (Lipinski definition) is 0. The van der Waals surface area contributed by atoms with Crippen LogP contribution in [-0.4, -0.2) is 41.8 Å². The summed E-state index contributed by atoms with van der Waals surface area (Å²) in [6.45, 7) is 1.01. The van der Waals surface area contributed by atoms with Crippen molar-refractivity contribution in [3.05, 3.63) is 59.6 Å². The van der Waals surface area contributed by atoms with Crippen LogP contribution in [0.5, 0.6) is 0 Å². The van der Waals surface area contributed by atoms with E-state index in [2.05, 4.69) is 0 Å². The zero-order valence-electron chi connectivity index (χ0n) is 14.5. The fourth-order valence-electron chi connectivity index (χ4n) is 3.18. The largest absolute Gasteiger partial charge is 0.459 e. The maximum atomic E-state index is 13.8. The fraction of sp³-hybridized carbons (Fsp3) is 0.368. The first-order valence-corrected chi connectivity index (χ1v) is 8.47. The average Bonchev–Trinajstić information content (AvgIpc) is 3.17. The van der Waals surface area contributed by atoms with E-state index in [9.17, 15) is 18.4 Å². The third kappa shape index (κ3) is 3.92. The topological polar surface area (TPSA) is 53.8 Å². The van der Waals surface area contributed by atoms with E-state index in [4.69, 9.17) is 4.42 Å². The van der Waals surface area contributed by atoms with Gasteiger partial charge < -0.3 is 14.2 Å². The zero-order chi connectivity index (χ0) is 18.7. The van der Waals surface area contributed by atoms with Crippen LogP contribution in [0.3, 0.4) is 0 Å². The maximum Gasteiger partial charge on any atom is 0.289 e. The number of piperidine rings is 1. The number of likely N-dealkylation sites (tertiary alicyclic amines) is 1. The monoisotopic (exact) mass is 362 g/mol. The number of carbonyl (C=O) groups excluding carboxylic acids is 2. The van der Waals surface area contributed by atoms with Gasteiger partial charge in [0.05, 0.1) is 6.26 Å². The third-order valence-electron chi connectivity index (χ3n) is 4.66. The lowest BCUT2D eigenvalue weighted by Crippen LogP contribution is -2.43. The number of halogens is 2. The van der Waals surface area contributed by atoms with Gasteiger partial charge in [0.1, 0.15) is 11.6 Å². The Labute approximate surface area is 150 Å². The van der Waals surface area contributed by atoms with Gasteiger partial charge in [0.15, 0.2) is 5.76 Å². The van der Waals surface area contributed by atoms with Gasteiger partial charge in [-0.2, -0.15) is 0 Å². The van der Waals surface area contributed by atoms with E-state index >= 15 is 0 Å². The average molecular weight is 362 g/mol. The van der Waals surface area contributed by atoms with Gasteiger partial charge in [0, 0.05) is 44.2 Å². The molecule has 1 saturated heterocycles. The molecule has 0 radical (unpaired) electrons. The van der Waals surface area contributed by atoms with Crippen molar-refractivity contribution >= 4 is 11.8 Å². The lowest BCUT2D eigenvalue weighted by atomic mass is 9.95. The Bertz CT molecular complexity index is 784. The SMILES string of the molecule is CN(Cc1ccc(F)cc1F)C(=O)C1CCN(C(=O)c2ccco2)CC1. The predicted molar refractivity (Wildman–Crippen MR) is 90.2 cm³/mol. The van der Waals surface area contributed by atoms with Crippen LogP contribution < -0.4 is 0 Å². The Morgan fingerprint density at radius 3 is 2.58 bits per heavy atom. The molecule has 2 aromatic rings. The maximum absolute atomic E-state index is 13.8. The molecule has 0 aliphatic carbocycles. The van der Waals surface area contributed by atoms with Crippen molar-refractivity contribution in [1.29, 1.82) is 0 Å². The van der Waals surface area contributed by atoms with Crippen molar-refractivity contribution in [1.82, 2.24) is 9.80 Å². The van der Waals surface area contributed by atoms with Gasteiger partial charge in [-0.15, -0.1) is 0 Å². The molecule has 0 unspecified atom stereocenters. The third-order valence-corrected chi connectivity index (χ3v) is 4.66. The number of amides is 2. The standard InChI is InChI=1S/C19H20F2N2O3/c1-22(12-14-4-5-15(20)11-16(14)21)18(24)13-6-8-23(9-7-13)19(25)17-3-2-10-26-17/h2-5,10-11,13H,6-9,12H2,1H3. The summed E-state index contributed by atoms with van der Waals surface area (Å²) in [5.41, 5.74) is 0.271. The van der Waals surface area contributed by atoms with E-state index in [1.54, 1.807) is 24.1 Å². The van der Waals surface area contributed by atoms with Gasteiger partial charge in [-0.05, 0) is 31.0 Å². The van der Waals surface area contributed by atoms with Crippen molar-refractivity contribution in [2.45, 2.75) is 19.4 Å². The molecular formula is C19H20F2N2O3. The summed E-state index contributed by atoms with van der Waals surface area (Å²) in [6, 6.07) is 6.61. The Kier molecular flexibility index (Phi) is 5.35. The van der Waals surface area contributed by atoms with E-state index in [0.717, 1.165) is 6.07 Å². The zero-order valence-corrected chi connectivity index (χ0v) is 14.5. The molecule has 26 heavy (non-hydrogen) atoms. The Balaban J connectivity index is 1.55. The second kappa shape index (κ2) is 7.68. The molecule has 3 rings (SSSR count). The Hall–Kier alpha value is -2.70. The van der Waals surface area contributed by atoms with Crippen molar-refractivity contribution in [3.63, 3.8) is 0 Å². The van der Waals surface area contributed by atoms with E-state index in [-0.39, 0.29) is 29.8 Å². The summed E-state index contributed by atoms with van der Waals surface area (Å²) in [5.74, 6) is -1.51. The summed E-state index contributed by atoms with van der Waals surface area (Å²) in [5, 5.41) is 0. The normalized spacial score (nSPS) is 15.1. The molecule has 0 atom stereocenters. The molecule has 0 saturated carbocycles. The second-order valence-electron chi connectivity index (χ2n) is 6.47. The Morgan fingerprint density at radius 2 is 1.96 bits per heavy atom. The summed E-state index contributed by atoms with van der Waals surface area (Å²) in [4.78, 5) is 28.0. The predicted octanol–water partition coefficient (Wildman–Crippen LogP) is 3.07. The first-order chi connectivity index (χ1) is 12.5. The van der Waals surface area contributed by atoms with Crippen molar-refractivity contribution in [3.8, 4) is 0 Å². The minimum Gasteiger partial charge on any atom is -0.459 e. The number of benzene rings is 1. The highest BCUT2D eigenvalue weighted by molar-refractivity contribution is 5.91. The van der Waals surface area contributed by atoms with Crippen molar-refractivity contribution in [2.75, 3.05) is 20.1 Å².